The molecule has 3 aromatic carbocycles. The first kappa shape index (κ1) is 28.7. The second kappa shape index (κ2) is 12.6. The number of likely N-dealkylation sites (N-methyl/N-ethyl adjacent to an activating group) is 1. The highest BCUT2D eigenvalue weighted by Crippen LogP contribution is 2.28. The number of sulfonamides is 1. The summed E-state index contributed by atoms with van der Waals surface area (Å²) in [6, 6.07) is 19.3. The molecule has 0 aromatic heterocycles. The van der Waals surface area contributed by atoms with Crippen LogP contribution in [0.3, 0.4) is 0 Å². The van der Waals surface area contributed by atoms with E-state index in [1.165, 1.54) is 23.1 Å². The summed E-state index contributed by atoms with van der Waals surface area (Å²) in [5.74, 6) is -0.864. The molecule has 10 heteroatoms. The number of benzene rings is 3. The van der Waals surface area contributed by atoms with Gasteiger partial charge in [0.25, 0.3) is 10.0 Å². The maximum absolute atomic E-state index is 13.8. The summed E-state index contributed by atoms with van der Waals surface area (Å²) < 4.78 is 29.3. The standard InChI is InChI=1S/C27H29BrClN3O4S/c1-4-30-27(34)20(3)31(17-21-9-8-10-22(28)15-21)26(33)18-32(23-14-13-19(2)25(29)16-23)37(35,36)24-11-6-5-7-12-24/h5-16,20H,4,17-18H2,1-3H3,(H,30,34)/t20-/m1/s1. The Morgan fingerprint density at radius 3 is 2.35 bits per heavy atom. The molecule has 1 atom stereocenters. The van der Waals surface area contributed by atoms with E-state index >= 15 is 0 Å². The number of aryl methyl sites for hydroxylation is 1. The number of nitrogens with zero attached hydrogens (tertiary/aromatic N) is 2. The minimum atomic E-state index is -4.13. The van der Waals surface area contributed by atoms with Crippen molar-refractivity contribution in [2.75, 3.05) is 17.4 Å². The molecule has 0 unspecified atom stereocenters. The first-order valence-electron chi connectivity index (χ1n) is 11.7. The van der Waals surface area contributed by atoms with Gasteiger partial charge < -0.3 is 10.2 Å². The molecule has 0 radical (unpaired) electrons. The molecule has 1 N–H and O–H groups in total. The Hall–Kier alpha value is -2.88. The second-order valence-corrected chi connectivity index (χ2v) is 11.7. The fourth-order valence-electron chi connectivity index (χ4n) is 3.72. The van der Waals surface area contributed by atoms with Gasteiger partial charge in [0.05, 0.1) is 10.6 Å². The normalized spacial score (nSPS) is 12.0. The van der Waals surface area contributed by atoms with Crippen LogP contribution >= 0.6 is 27.5 Å². The van der Waals surface area contributed by atoms with Crippen LogP contribution in [0.15, 0.2) is 82.2 Å². The van der Waals surface area contributed by atoms with Crippen molar-refractivity contribution in [3.63, 3.8) is 0 Å². The molecule has 0 spiro atoms. The smallest absolute Gasteiger partial charge is 0.264 e. The average molecular weight is 607 g/mol. The number of carbonyl (C=O) groups is 2. The van der Waals surface area contributed by atoms with Gasteiger partial charge in [-0.05, 0) is 68.3 Å². The van der Waals surface area contributed by atoms with Gasteiger partial charge in [-0.3, -0.25) is 13.9 Å². The quantitative estimate of drug-likeness (QED) is 0.346. The van der Waals surface area contributed by atoms with Crippen molar-refractivity contribution in [1.29, 1.82) is 0 Å². The van der Waals surface area contributed by atoms with E-state index in [-0.39, 0.29) is 23.0 Å². The van der Waals surface area contributed by atoms with E-state index in [4.69, 9.17) is 11.6 Å². The van der Waals surface area contributed by atoms with Gasteiger partial charge in [0.1, 0.15) is 12.6 Å². The van der Waals surface area contributed by atoms with Gasteiger partial charge in [0, 0.05) is 22.6 Å². The highest BCUT2D eigenvalue weighted by atomic mass is 79.9. The topological polar surface area (TPSA) is 86.8 Å². The van der Waals surface area contributed by atoms with E-state index < -0.39 is 28.5 Å². The minimum absolute atomic E-state index is 0.0369. The highest BCUT2D eigenvalue weighted by molar-refractivity contribution is 9.10. The summed E-state index contributed by atoms with van der Waals surface area (Å²) in [5.41, 5.74) is 1.81. The Morgan fingerprint density at radius 1 is 1.03 bits per heavy atom. The molecule has 2 amide bonds. The van der Waals surface area contributed by atoms with E-state index in [9.17, 15) is 18.0 Å². The van der Waals surface area contributed by atoms with Gasteiger partial charge in [-0.25, -0.2) is 8.42 Å². The van der Waals surface area contributed by atoms with E-state index in [1.54, 1.807) is 51.1 Å². The number of carbonyl (C=O) groups excluding carboxylic acids is 2. The predicted molar refractivity (Wildman–Crippen MR) is 150 cm³/mol. The summed E-state index contributed by atoms with van der Waals surface area (Å²) >= 11 is 9.76. The number of anilines is 1. The molecule has 196 valence electrons. The fourth-order valence-corrected chi connectivity index (χ4v) is 5.77. The van der Waals surface area contributed by atoms with Crippen molar-refractivity contribution < 1.29 is 18.0 Å². The second-order valence-electron chi connectivity index (χ2n) is 8.48. The third-order valence-electron chi connectivity index (χ3n) is 5.81. The highest BCUT2D eigenvalue weighted by Gasteiger charge is 2.32. The molecule has 0 bridgehead atoms. The van der Waals surface area contributed by atoms with Crippen LogP contribution in [-0.2, 0) is 26.2 Å². The van der Waals surface area contributed by atoms with Gasteiger partial charge in [0.2, 0.25) is 11.8 Å². The van der Waals surface area contributed by atoms with Crippen molar-refractivity contribution in [2.24, 2.45) is 0 Å². The Morgan fingerprint density at radius 2 is 1.73 bits per heavy atom. The number of nitrogens with one attached hydrogen (secondary N) is 1. The number of hydrogen-bond acceptors (Lipinski definition) is 4. The molecule has 0 saturated carbocycles. The van der Waals surface area contributed by atoms with Crippen LogP contribution in [0.1, 0.15) is 25.0 Å². The lowest BCUT2D eigenvalue weighted by atomic mass is 10.1. The van der Waals surface area contributed by atoms with E-state index in [0.717, 1.165) is 19.9 Å². The largest absolute Gasteiger partial charge is 0.355 e. The number of halogens is 2. The summed E-state index contributed by atoms with van der Waals surface area (Å²) in [6.07, 6.45) is 0. The molecule has 0 saturated heterocycles. The molecule has 0 aliphatic heterocycles. The Bertz CT molecular complexity index is 1370. The molecule has 7 nitrogen and oxygen atoms in total. The summed E-state index contributed by atoms with van der Waals surface area (Å²) in [6.45, 7) is 5.22. The van der Waals surface area contributed by atoms with Crippen LogP contribution in [0.4, 0.5) is 5.69 Å². The van der Waals surface area contributed by atoms with Gasteiger partial charge in [-0.15, -0.1) is 0 Å². The zero-order chi connectivity index (χ0) is 27.2. The zero-order valence-electron chi connectivity index (χ0n) is 20.8. The van der Waals surface area contributed by atoms with Gasteiger partial charge in [-0.2, -0.15) is 0 Å². The van der Waals surface area contributed by atoms with Crippen LogP contribution < -0.4 is 9.62 Å². The monoisotopic (exact) mass is 605 g/mol. The van der Waals surface area contributed by atoms with E-state index in [2.05, 4.69) is 21.2 Å². The molecule has 0 fully saturated rings. The zero-order valence-corrected chi connectivity index (χ0v) is 24.0. The Labute approximate surface area is 231 Å². The van der Waals surface area contributed by atoms with Crippen LogP contribution in [0.2, 0.25) is 5.02 Å². The van der Waals surface area contributed by atoms with Gasteiger partial charge in [0.15, 0.2) is 0 Å². The molecule has 0 heterocycles. The molecule has 3 rings (SSSR count). The van der Waals surface area contributed by atoms with Crippen LogP contribution in [0, 0.1) is 6.92 Å². The van der Waals surface area contributed by atoms with E-state index in [0.29, 0.717) is 11.6 Å². The Balaban J connectivity index is 2.04. The van der Waals surface area contributed by atoms with Gasteiger partial charge in [-0.1, -0.05) is 63.9 Å². The number of amides is 2. The lowest BCUT2D eigenvalue weighted by Crippen LogP contribution is -2.51. The predicted octanol–water partition coefficient (Wildman–Crippen LogP) is 5.16. The molecular formula is C27H29BrClN3O4S. The third kappa shape index (κ3) is 7.12. The van der Waals surface area contributed by atoms with E-state index in [1.807, 2.05) is 24.3 Å². The van der Waals surface area contributed by atoms with Crippen molar-refractivity contribution in [1.82, 2.24) is 10.2 Å². The lowest BCUT2D eigenvalue weighted by Gasteiger charge is -2.32. The van der Waals surface area contributed by atoms with Gasteiger partial charge >= 0.3 is 0 Å². The fraction of sp³-hybridized carbons (Fsp3) is 0.259. The van der Waals surface area contributed by atoms with Crippen molar-refractivity contribution in [3.05, 3.63) is 93.4 Å². The molecule has 0 aliphatic carbocycles. The molecule has 0 aliphatic rings. The summed E-state index contributed by atoms with van der Waals surface area (Å²) in [5, 5.41) is 3.12. The van der Waals surface area contributed by atoms with Crippen molar-refractivity contribution in [3.8, 4) is 0 Å². The average Bonchev–Trinajstić information content (AvgIpc) is 2.87. The Kier molecular flexibility index (Phi) is 9.75. The summed E-state index contributed by atoms with van der Waals surface area (Å²) in [4.78, 5) is 28.0. The number of rotatable bonds is 10. The molecular weight excluding hydrogens is 578 g/mol. The van der Waals surface area contributed by atoms with Crippen LogP contribution in [0.5, 0.6) is 0 Å². The molecule has 3 aromatic rings. The summed E-state index contributed by atoms with van der Waals surface area (Å²) in [7, 11) is -4.13. The van der Waals surface area contributed by atoms with Crippen LogP contribution in [0.25, 0.3) is 0 Å². The van der Waals surface area contributed by atoms with Crippen LogP contribution in [-0.4, -0.2) is 44.3 Å². The SMILES string of the molecule is CCNC(=O)[C@@H](C)N(Cc1cccc(Br)c1)C(=O)CN(c1ccc(C)c(Cl)c1)S(=O)(=O)c1ccccc1. The third-order valence-corrected chi connectivity index (χ3v) is 8.50. The number of hydrogen-bond donors (Lipinski definition) is 1. The van der Waals surface area contributed by atoms with Crippen molar-refractivity contribution in [2.45, 2.75) is 38.3 Å². The minimum Gasteiger partial charge on any atom is -0.355 e. The first-order valence-corrected chi connectivity index (χ1v) is 14.3. The maximum atomic E-state index is 13.8. The molecule has 37 heavy (non-hydrogen) atoms. The van der Waals surface area contributed by atoms with Crippen molar-refractivity contribution >= 4 is 55.1 Å². The first-order chi connectivity index (χ1) is 17.5. The maximum Gasteiger partial charge on any atom is 0.264 e. The lowest BCUT2D eigenvalue weighted by molar-refractivity contribution is -0.139.